The Morgan fingerprint density at radius 1 is 1.44 bits per heavy atom. The standard InChI is InChI=1S/C14H18ClN3/c1-3-13(16)8-11-4-5-12(15)9-14(11)18-7-6-17-10(18)2/h4-7,9,13H,3,8,16H2,1-2H3. The molecule has 1 heterocycles. The fourth-order valence-corrected chi connectivity index (χ4v) is 2.16. The number of aromatic nitrogens is 2. The topological polar surface area (TPSA) is 43.8 Å². The highest BCUT2D eigenvalue weighted by Crippen LogP contribution is 2.22. The van der Waals surface area contributed by atoms with Crippen molar-refractivity contribution in [3.8, 4) is 5.69 Å². The predicted molar refractivity (Wildman–Crippen MR) is 75.3 cm³/mol. The molecule has 1 unspecified atom stereocenters. The number of nitrogens with two attached hydrogens (primary N) is 1. The molecule has 0 aliphatic carbocycles. The first-order chi connectivity index (χ1) is 8.61. The maximum Gasteiger partial charge on any atom is 0.110 e. The van der Waals surface area contributed by atoms with Crippen molar-refractivity contribution >= 4 is 11.6 Å². The summed E-state index contributed by atoms with van der Waals surface area (Å²) in [5.74, 6) is 0.948. The minimum absolute atomic E-state index is 0.175. The summed E-state index contributed by atoms with van der Waals surface area (Å²) in [6.07, 6.45) is 5.55. The third kappa shape index (κ3) is 2.74. The average Bonchev–Trinajstić information content (AvgIpc) is 2.77. The lowest BCUT2D eigenvalue weighted by Crippen LogP contribution is -2.22. The maximum atomic E-state index is 6.09. The molecule has 0 aliphatic heterocycles. The van der Waals surface area contributed by atoms with Crippen molar-refractivity contribution in [2.24, 2.45) is 5.73 Å². The summed E-state index contributed by atoms with van der Waals surface area (Å²) in [5.41, 5.74) is 8.32. The molecule has 1 atom stereocenters. The zero-order valence-corrected chi connectivity index (χ0v) is 11.5. The quantitative estimate of drug-likeness (QED) is 0.921. The maximum absolute atomic E-state index is 6.09. The van der Waals surface area contributed by atoms with Gasteiger partial charge in [0.15, 0.2) is 0 Å². The zero-order valence-electron chi connectivity index (χ0n) is 10.7. The fourth-order valence-electron chi connectivity index (χ4n) is 1.99. The number of imidazole rings is 1. The van der Waals surface area contributed by atoms with Crippen molar-refractivity contribution < 1.29 is 0 Å². The van der Waals surface area contributed by atoms with Crippen molar-refractivity contribution in [3.05, 3.63) is 47.0 Å². The summed E-state index contributed by atoms with van der Waals surface area (Å²) < 4.78 is 2.05. The molecule has 18 heavy (non-hydrogen) atoms. The van der Waals surface area contributed by atoms with Gasteiger partial charge in [-0.25, -0.2) is 4.98 Å². The van der Waals surface area contributed by atoms with E-state index in [0.717, 1.165) is 29.4 Å². The normalized spacial score (nSPS) is 12.7. The van der Waals surface area contributed by atoms with Gasteiger partial charge in [0.05, 0.1) is 5.69 Å². The molecule has 0 radical (unpaired) electrons. The smallest absolute Gasteiger partial charge is 0.110 e. The van der Waals surface area contributed by atoms with Gasteiger partial charge in [0.1, 0.15) is 5.82 Å². The van der Waals surface area contributed by atoms with Crippen molar-refractivity contribution in [2.75, 3.05) is 0 Å². The van der Waals surface area contributed by atoms with Crippen LogP contribution in [-0.2, 0) is 6.42 Å². The molecule has 1 aromatic carbocycles. The average molecular weight is 264 g/mol. The van der Waals surface area contributed by atoms with Crippen molar-refractivity contribution in [1.82, 2.24) is 9.55 Å². The van der Waals surface area contributed by atoms with Crippen LogP contribution in [0.4, 0.5) is 0 Å². The number of nitrogens with zero attached hydrogens (tertiary/aromatic N) is 2. The molecule has 2 aromatic rings. The number of hydrogen-bond donors (Lipinski definition) is 1. The molecule has 2 N–H and O–H groups in total. The Labute approximate surface area is 113 Å². The van der Waals surface area contributed by atoms with Crippen LogP contribution in [0, 0.1) is 6.92 Å². The van der Waals surface area contributed by atoms with Gasteiger partial charge in [0.2, 0.25) is 0 Å². The molecule has 0 saturated carbocycles. The SMILES string of the molecule is CCC(N)Cc1ccc(Cl)cc1-n1ccnc1C. The Morgan fingerprint density at radius 3 is 2.83 bits per heavy atom. The molecule has 2 rings (SSSR count). The third-order valence-electron chi connectivity index (χ3n) is 3.14. The number of halogens is 1. The Kier molecular flexibility index (Phi) is 4.04. The second-order valence-electron chi connectivity index (χ2n) is 4.49. The summed E-state index contributed by atoms with van der Waals surface area (Å²) in [6, 6.07) is 6.10. The number of aryl methyl sites for hydroxylation is 1. The van der Waals surface area contributed by atoms with Gasteiger partial charge in [-0.1, -0.05) is 24.6 Å². The van der Waals surface area contributed by atoms with Crippen LogP contribution in [0.3, 0.4) is 0 Å². The molecular weight excluding hydrogens is 246 g/mol. The van der Waals surface area contributed by atoms with Gasteiger partial charge in [-0.2, -0.15) is 0 Å². The number of rotatable bonds is 4. The zero-order chi connectivity index (χ0) is 13.1. The van der Waals surface area contributed by atoms with Crippen LogP contribution in [0.1, 0.15) is 24.7 Å². The van der Waals surface area contributed by atoms with Gasteiger partial charge < -0.3 is 10.3 Å². The van der Waals surface area contributed by atoms with Crippen LogP contribution in [0.15, 0.2) is 30.6 Å². The molecular formula is C14H18ClN3. The number of hydrogen-bond acceptors (Lipinski definition) is 2. The van der Waals surface area contributed by atoms with E-state index in [1.54, 1.807) is 6.20 Å². The Bertz CT molecular complexity index is 534. The first kappa shape index (κ1) is 13.1. The summed E-state index contributed by atoms with van der Waals surface area (Å²) in [4.78, 5) is 4.25. The van der Waals surface area contributed by atoms with Crippen LogP contribution < -0.4 is 5.73 Å². The van der Waals surface area contributed by atoms with Gasteiger partial charge in [-0.15, -0.1) is 0 Å². The van der Waals surface area contributed by atoms with Gasteiger partial charge in [0.25, 0.3) is 0 Å². The van der Waals surface area contributed by atoms with E-state index in [4.69, 9.17) is 17.3 Å². The van der Waals surface area contributed by atoms with E-state index >= 15 is 0 Å². The molecule has 0 bridgehead atoms. The highest BCUT2D eigenvalue weighted by atomic mass is 35.5. The molecule has 96 valence electrons. The first-order valence-electron chi connectivity index (χ1n) is 6.16. The lowest BCUT2D eigenvalue weighted by molar-refractivity contribution is 0.644. The van der Waals surface area contributed by atoms with E-state index in [1.807, 2.05) is 35.9 Å². The predicted octanol–water partition coefficient (Wildman–Crippen LogP) is 3.11. The highest BCUT2D eigenvalue weighted by Gasteiger charge is 2.10. The van der Waals surface area contributed by atoms with E-state index in [-0.39, 0.29) is 6.04 Å². The minimum Gasteiger partial charge on any atom is -0.327 e. The molecule has 0 aliphatic rings. The highest BCUT2D eigenvalue weighted by molar-refractivity contribution is 6.30. The lowest BCUT2D eigenvalue weighted by Gasteiger charge is -2.15. The summed E-state index contributed by atoms with van der Waals surface area (Å²) >= 11 is 6.09. The molecule has 0 fully saturated rings. The van der Waals surface area contributed by atoms with Crippen LogP contribution in [0.25, 0.3) is 5.69 Å². The summed E-state index contributed by atoms with van der Waals surface area (Å²) in [5, 5.41) is 0.729. The summed E-state index contributed by atoms with van der Waals surface area (Å²) in [7, 11) is 0. The van der Waals surface area contributed by atoms with Gasteiger partial charge in [-0.3, -0.25) is 0 Å². The summed E-state index contributed by atoms with van der Waals surface area (Å²) in [6.45, 7) is 4.08. The van der Waals surface area contributed by atoms with E-state index in [0.29, 0.717) is 0 Å². The molecule has 0 spiro atoms. The van der Waals surface area contributed by atoms with Gasteiger partial charge >= 0.3 is 0 Å². The Morgan fingerprint density at radius 2 is 2.22 bits per heavy atom. The molecule has 4 heteroatoms. The second-order valence-corrected chi connectivity index (χ2v) is 4.93. The van der Waals surface area contributed by atoms with Crippen molar-refractivity contribution in [1.29, 1.82) is 0 Å². The fraction of sp³-hybridized carbons (Fsp3) is 0.357. The third-order valence-corrected chi connectivity index (χ3v) is 3.37. The van der Waals surface area contributed by atoms with E-state index in [9.17, 15) is 0 Å². The lowest BCUT2D eigenvalue weighted by atomic mass is 10.0. The molecule has 0 saturated heterocycles. The van der Waals surface area contributed by atoms with E-state index in [1.165, 1.54) is 5.56 Å². The second kappa shape index (κ2) is 5.55. The minimum atomic E-state index is 0.175. The first-order valence-corrected chi connectivity index (χ1v) is 6.54. The molecule has 3 nitrogen and oxygen atoms in total. The van der Waals surface area contributed by atoms with Crippen LogP contribution >= 0.6 is 11.6 Å². The Hall–Kier alpha value is -1.32. The molecule has 1 aromatic heterocycles. The van der Waals surface area contributed by atoms with Crippen LogP contribution in [-0.4, -0.2) is 15.6 Å². The van der Waals surface area contributed by atoms with Crippen molar-refractivity contribution in [3.63, 3.8) is 0 Å². The largest absolute Gasteiger partial charge is 0.327 e. The van der Waals surface area contributed by atoms with Crippen molar-refractivity contribution in [2.45, 2.75) is 32.7 Å². The number of benzene rings is 1. The van der Waals surface area contributed by atoms with E-state index < -0.39 is 0 Å². The van der Waals surface area contributed by atoms with Gasteiger partial charge in [-0.05, 0) is 37.5 Å². The Balaban J connectivity index is 2.44. The monoisotopic (exact) mass is 263 g/mol. The molecule has 0 amide bonds. The van der Waals surface area contributed by atoms with E-state index in [2.05, 4.69) is 11.9 Å². The van der Waals surface area contributed by atoms with Gasteiger partial charge in [0, 0.05) is 23.5 Å². The van der Waals surface area contributed by atoms with Crippen LogP contribution in [0.2, 0.25) is 5.02 Å². The van der Waals surface area contributed by atoms with Crippen LogP contribution in [0.5, 0.6) is 0 Å².